The molecule has 1 aromatic heterocycles. The van der Waals surface area contributed by atoms with Crippen molar-refractivity contribution in [3.8, 4) is 11.8 Å². The van der Waals surface area contributed by atoms with E-state index in [4.69, 9.17) is 10.5 Å². The molecule has 6 nitrogen and oxygen atoms in total. The molecule has 0 aliphatic carbocycles. The van der Waals surface area contributed by atoms with Gasteiger partial charge in [0, 0.05) is 11.6 Å². The normalized spacial score (nSPS) is 12.3. The SMILES string of the molecule is CCC(NC(=O)/C(C#N)=C/c1nccs1)c1cccc(OCCCN)c1. The Bertz CT molecular complexity index is 781. The van der Waals surface area contributed by atoms with Crippen LogP contribution in [0.2, 0.25) is 0 Å². The van der Waals surface area contributed by atoms with Crippen LogP contribution in [0.1, 0.15) is 36.4 Å². The van der Waals surface area contributed by atoms with Gasteiger partial charge in [-0.05, 0) is 43.2 Å². The number of hydrogen-bond donors (Lipinski definition) is 2. The number of nitrogens with one attached hydrogen (secondary N) is 1. The van der Waals surface area contributed by atoms with E-state index in [0.29, 0.717) is 24.6 Å². The Kier molecular flexibility index (Phi) is 7.80. The van der Waals surface area contributed by atoms with Crippen molar-refractivity contribution >= 4 is 23.3 Å². The topological polar surface area (TPSA) is 101 Å². The Morgan fingerprint density at radius 3 is 3.04 bits per heavy atom. The summed E-state index contributed by atoms with van der Waals surface area (Å²) in [5.41, 5.74) is 6.44. The van der Waals surface area contributed by atoms with Crippen LogP contribution in [0.4, 0.5) is 0 Å². The zero-order valence-corrected chi connectivity index (χ0v) is 15.5. The van der Waals surface area contributed by atoms with Crippen LogP contribution in [-0.2, 0) is 4.79 Å². The highest BCUT2D eigenvalue weighted by atomic mass is 32.1. The average molecular weight is 370 g/mol. The summed E-state index contributed by atoms with van der Waals surface area (Å²) >= 11 is 1.37. The van der Waals surface area contributed by atoms with Gasteiger partial charge in [-0.2, -0.15) is 5.26 Å². The molecule has 1 heterocycles. The zero-order chi connectivity index (χ0) is 18.8. The maximum absolute atomic E-state index is 12.5. The minimum absolute atomic E-state index is 0.0359. The highest BCUT2D eigenvalue weighted by Gasteiger charge is 2.17. The zero-order valence-electron chi connectivity index (χ0n) is 14.6. The van der Waals surface area contributed by atoms with Crippen molar-refractivity contribution in [2.75, 3.05) is 13.2 Å². The second-order valence-corrected chi connectivity index (χ2v) is 6.46. The van der Waals surface area contributed by atoms with Crippen molar-refractivity contribution in [2.24, 2.45) is 5.73 Å². The highest BCUT2D eigenvalue weighted by Crippen LogP contribution is 2.22. The molecule has 0 aliphatic heterocycles. The maximum Gasteiger partial charge on any atom is 0.262 e. The third-order valence-electron chi connectivity index (χ3n) is 3.68. The van der Waals surface area contributed by atoms with Crippen molar-refractivity contribution < 1.29 is 9.53 Å². The molecule has 1 amide bonds. The standard InChI is InChI=1S/C19H22N4O2S/c1-2-17(14-5-3-6-16(11-14)25-9-4-7-20)23-19(24)15(13-21)12-18-22-8-10-26-18/h3,5-6,8,10-12,17H,2,4,7,9,20H2,1H3,(H,23,24)/b15-12+. The lowest BCUT2D eigenvalue weighted by Crippen LogP contribution is -2.29. The summed E-state index contributed by atoms with van der Waals surface area (Å²) in [4.78, 5) is 16.5. The highest BCUT2D eigenvalue weighted by molar-refractivity contribution is 7.10. The number of benzene rings is 1. The summed E-state index contributed by atoms with van der Waals surface area (Å²) < 4.78 is 5.66. The number of amides is 1. The molecule has 0 aliphatic rings. The van der Waals surface area contributed by atoms with Crippen molar-refractivity contribution in [3.63, 3.8) is 0 Å². The summed E-state index contributed by atoms with van der Waals surface area (Å²) in [6.45, 7) is 3.11. The Morgan fingerprint density at radius 1 is 1.54 bits per heavy atom. The Hall–Kier alpha value is -2.69. The van der Waals surface area contributed by atoms with E-state index in [9.17, 15) is 10.1 Å². The minimum Gasteiger partial charge on any atom is -0.494 e. The van der Waals surface area contributed by atoms with E-state index in [1.165, 1.54) is 17.4 Å². The molecular formula is C19H22N4O2S. The fourth-order valence-corrected chi connectivity index (χ4v) is 2.90. The number of nitrogens with zero attached hydrogens (tertiary/aromatic N) is 2. The molecule has 0 bridgehead atoms. The number of carbonyl (C=O) groups is 1. The average Bonchev–Trinajstić information content (AvgIpc) is 3.17. The Balaban J connectivity index is 2.09. The number of carbonyl (C=O) groups excluding carboxylic acids is 1. The predicted molar refractivity (Wildman–Crippen MR) is 102 cm³/mol. The molecule has 3 N–H and O–H groups in total. The number of rotatable bonds is 9. The lowest BCUT2D eigenvalue weighted by Gasteiger charge is -2.18. The van der Waals surface area contributed by atoms with Gasteiger partial charge in [-0.15, -0.1) is 11.3 Å². The number of nitrogens with two attached hydrogens (primary N) is 1. The third-order valence-corrected chi connectivity index (χ3v) is 4.40. The van der Waals surface area contributed by atoms with E-state index in [2.05, 4.69) is 10.3 Å². The van der Waals surface area contributed by atoms with Gasteiger partial charge in [-0.1, -0.05) is 19.1 Å². The van der Waals surface area contributed by atoms with E-state index >= 15 is 0 Å². The molecule has 0 fully saturated rings. The monoisotopic (exact) mass is 370 g/mol. The predicted octanol–water partition coefficient (Wildman–Crippen LogP) is 3.05. The third kappa shape index (κ3) is 5.69. The molecule has 7 heteroatoms. The number of thiazole rings is 1. The largest absolute Gasteiger partial charge is 0.494 e. The van der Waals surface area contributed by atoms with Gasteiger partial charge in [0.15, 0.2) is 0 Å². The molecule has 0 saturated carbocycles. The van der Waals surface area contributed by atoms with Crippen LogP contribution in [0.3, 0.4) is 0 Å². The molecule has 0 radical (unpaired) electrons. The van der Waals surface area contributed by atoms with Gasteiger partial charge in [0.1, 0.15) is 22.4 Å². The van der Waals surface area contributed by atoms with Crippen LogP contribution in [-0.4, -0.2) is 24.0 Å². The molecule has 136 valence electrons. The minimum atomic E-state index is -0.413. The second-order valence-electron chi connectivity index (χ2n) is 5.54. The van der Waals surface area contributed by atoms with Crippen LogP contribution in [0.25, 0.3) is 6.08 Å². The number of ether oxygens (including phenoxy) is 1. The van der Waals surface area contributed by atoms with Crippen LogP contribution < -0.4 is 15.8 Å². The molecule has 0 spiro atoms. The lowest BCUT2D eigenvalue weighted by atomic mass is 10.0. The van der Waals surface area contributed by atoms with Gasteiger partial charge >= 0.3 is 0 Å². The number of hydrogen-bond acceptors (Lipinski definition) is 6. The quantitative estimate of drug-likeness (QED) is 0.401. The summed E-state index contributed by atoms with van der Waals surface area (Å²) in [7, 11) is 0. The van der Waals surface area contributed by atoms with E-state index in [-0.39, 0.29) is 11.6 Å². The van der Waals surface area contributed by atoms with Gasteiger partial charge in [0.25, 0.3) is 5.91 Å². The van der Waals surface area contributed by atoms with Gasteiger partial charge in [0.2, 0.25) is 0 Å². The van der Waals surface area contributed by atoms with Crippen molar-refractivity contribution in [1.29, 1.82) is 5.26 Å². The van der Waals surface area contributed by atoms with Crippen LogP contribution >= 0.6 is 11.3 Å². The summed E-state index contributed by atoms with van der Waals surface area (Å²) in [5.74, 6) is 0.325. The Labute approximate surface area is 157 Å². The molecule has 26 heavy (non-hydrogen) atoms. The molecule has 2 rings (SSSR count). The number of nitriles is 1. The molecule has 2 aromatic rings. The second kappa shape index (κ2) is 10.3. The smallest absolute Gasteiger partial charge is 0.262 e. The van der Waals surface area contributed by atoms with E-state index in [1.807, 2.05) is 37.3 Å². The maximum atomic E-state index is 12.5. The number of aromatic nitrogens is 1. The van der Waals surface area contributed by atoms with Crippen molar-refractivity contribution in [1.82, 2.24) is 10.3 Å². The summed E-state index contributed by atoms with van der Waals surface area (Å²) in [6, 6.07) is 9.33. The lowest BCUT2D eigenvalue weighted by molar-refractivity contribution is -0.117. The van der Waals surface area contributed by atoms with Gasteiger partial charge < -0.3 is 15.8 Å². The fraction of sp³-hybridized carbons (Fsp3) is 0.316. The summed E-state index contributed by atoms with van der Waals surface area (Å²) in [6.07, 6.45) is 4.60. The molecular weight excluding hydrogens is 348 g/mol. The van der Waals surface area contributed by atoms with Gasteiger partial charge in [-0.25, -0.2) is 4.98 Å². The summed E-state index contributed by atoms with van der Waals surface area (Å²) in [5, 5.41) is 14.6. The van der Waals surface area contributed by atoms with Crippen molar-refractivity contribution in [3.05, 3.63) is 52.0 Å². The first-order chi connectivity index (χ1) is 12.7. The van der Waals surface area contributed by atoms with Gasteiger partial charge in [0.05, 0.1) is 12.6 Å². The molecule has 1 unspecified atom stereocenters. The van der Waals surface area contributed by atoms with Crippen molar-refractivity contribution in [2.45, 2.75) is 25.8 Å². The molecule has 1 aromatic carbocycles. The first kappa shape index (κ1) is 19.6. The Morgan fingerprint density at radius 2 is 2.38 bits per heavy atom. The van der Waals surface area contributed by atoms with E-state index in [1.54, 1.807) is 11.6 Å². The fourth-order valence-electron chi connectivity index (χ4n) is 2.33. The van der Waals surface area contributed by atoms with Crippen LogP contribution in [0.15, 0.2) is 41.4 Å². The molecule has 0 saturated heterocycles. The molecule has 1 atom stereocenters. The van der Waals surface area contributed by atoms with E-state index in [0.717, 1.165) is 17.7 Å². The van der Waals surface area contributed by atoms with Crippen LogP contribution in [0.5, 0.6) is 5.75 Å². The van der Waals surface area contributed by atoms with Gasteiger partial charge in [-0.3, -0.25) is 4.79 Å². The first-order valence-corrected chi connectivity index (χ1v) is 9.30. The van der Waals surface area contributed by atoms with Crippen LogP contribution in [0, 0.1) is 11.3 Å². The van der Waals surface area contributed by atoms with E-state index < -0.39 is 5.91 Å². The first-order valence-electron chi connectivity index (χ1n) is 8.43.